The SMILES string of the molecule is Cc1ccccc1C(=O)N1CCC[C@@H](COc2cccc(C(=O)N3CCCCC3)c2)C1. The standard InChI is InChI=1S/C26H32N2O3/c1-20-9-3-4-13-24(20)26(30)28-16-8-10-21(18-28)19-31-23-12-7-11-22(17-23)25(29)27-14-5-2-6-15-27/h3-4,7,9,11-13,17,21H,2,5-6,8,10,14-16,18-19H2,1H3/t21-/m1/s1. The second kappa shape index (κ2) is 9.99. The molecular formula is C26H32N2O3. The second-order valence-corrected chi connectivity index (χ2v) is 8.77. The van der Waals surface area contributed by atoms with E-state index < -0.39 is 0 Å². The third-order valence-electron chi connectivity index (χ3n) is 6.39. The number of aryl methyl sites for hydroxylation is 1. The van der Waals surface area contributed by atoms with Gasteiger partial charge in [0.2, 0.25) is 0 Å². The van der Waals surface area contributed by atoms with Crippen LogP contribution in [0.25, 0.3) is 0 Å². The molecule has 2 aromatic rings. The number of hydrogen-bond donors (Lipinski definition) is 0. The Morgan fingerprint density at radius 3 is 2.48 bits per heavy atom. The van der Waals surface area contributed by atoms with E-state index in [0.29, 0.717) is 24.6 Å². The van der Waals surface area contributed by atoms with Crippen LogP contribution in [0.15, 0.2) is 48.5 Å². The average molecular weight is 421 g/mol. The van der Waals surface area contributed by atoms with Crippen molar-refractivity contribution in [2.24, 2.45) is 5.92 Å². The van der Waals surface area contributed by atoms with E-state index >= 15 is 0 Å². The largest absolute Gasteiger partial charge is 0.493 e. The molecule has 31 heavy (non-hydrogen) atoms. The average Bonchev–Trinajstić information content (AvgIpc) is 2.83. The summed E-state index contributed by atoms with van der Waals surface area (Å²) in [4.78, 5) is 29.6. The lowest BCUT2D eigenvalue weighted by Gasteiger charge is -2.33. The van der Waals surface area contributed by atoms with E-state index in [1.807, 2.05) is 65.3 Å². The van der Waals surface area contributed by atoms with Crippen LogP contribution in [0.2, 0.25) is 0 Å². The third-order valence-corrected chi connectivity index (χ3v) is 6.39. The normalized spacial score (nSPS) is 19.2. The van der Waals surface area contributed by atoms with E-state index in [-0.39, 0.29) is 11.8 Å². The molecule has 2 aliphatic heterocycles. The van der Waals surface area contributed by atoms with E-state index in [9.17, 15) is 9.59 Å². The van der Waals surface area contributed by atoms with E-state index in [2.05, 4.69) is 0 Å². The van der Waals surface area contributed by atoms with E-state index in [0.717, 1.165) is 62.2 Å². The Morgan fingerprint density at radius 2 is 1.68 bits per heavy atom. The van der Waals surface area contributed by atoms with Crippen LogP contribution < -0.4 is 4.74 Å². The molecule has 1 atom stereocenters. The van der Waals surface area contributed by atoms with Crippen LogP contribution in [-0.4, -0.2) is 54.4 Å². The highest BCUT2D eigenvalue weighted by Gasteiger charge is 2.26. The van der Waals surface area contributed by atoms with Crippen molar-refractivity contribution in [2.75, 3.05) is 32.8 Å². The predicted molar refractivity (Wildman–Crippen MR) is 121 cm³/mol. The number of ether oxygens (including phenoxy) is 1. The molecule has 2 saturated heterocycles. The van der Waals surface area contributed by atoms with Gasteiger partial charge in [0, 0.05) is 43.2 Å². The minimum atomic E-state index is 0.0952. The van der Waals surface area contributed by atoms with Gasteiger partial charge in [0.15, 0.2) is 0 Å². The van der Waals surface area contributed by atoms with Crippen molar-refractivity contribution in [3.63, 3.8) is 0 Å². The van der Waals surface area contributed by atoms with Gasteiger partial charge >= 0.3 is 0 Å². The number of benzene rings is 2. The van der Waals surface area contributed by atoms with Crippen LogP contribution in [0.5, 0.6) is 5.75 Å². The molecular weight excluding hydrogens is 388 g/mol. The van der Waals surface area contributed by atoms with Crippen LogP contribution in [0.3, 0.4) is 0 Å². The highest BCUT2D eigenvalue weighted by atomic mass is 16.5. The zero-order chi connectivity index (χ0) is 21.6. The van der Waals surface area contributed by atoms with Crippen LogP contribution >= 0.6 is 0 Å². The van der Waals surface area contributed by atoms with Gasteiger partial charge in [-0.15, -0.1) is 0 Å². The number of amides is 2. The zero-order valence-corrected chi connectivity index (χ0v) is 18.4. The maximum absolute atomic E-state index is 13.0. The van der Waals surface area contributed by atoms with Gasteiger partial charge in [-0.1, -0.05) is 24.3 Å². The Labute approximate surface area is 185 Å². The van der Waals surface area contributed by atoms with Gasteiger partial charge in [0.05, 0.1) is 6.61 Å². The molecule has 2 fully saturated rings. The third kappa shape index (κ3) is 5.27. The van der Waals surface area contributed by atoms with Gasteiger partial charge in [0.25, 0.3) is 11.8 Å². The fourth-order valence-corrected chi connectivity index (χ4v) is 4.58. The Kier molecular flexibility index (Phi) is 6.90. The smallest absolute Gasteiger partial charge is 0.254 e. The molecule has 0 aliphatic carbocycles. The van der Waals surface area contributed by atoms with Gasteiger partial charge in [-0.25, -0.2) is 0 Å². The molecule has 2 heterocycles. The van der Waals surface area contributed by atoms with Crippen molar-refractivity contribution >= 4 is 11.8 Å². The van der Waals surface area contributed by atoms with Crippen LogP contribution in [0, 0.1) is 12.8 Å². The maximum Gasteiger partial charge on any atom is 0.254 e. The van der Waals surface area contributed by atoms with Crippen molar-refractivity contribution in [2.45, 2.75) is 39.0 Å². The van der Waals surface area contributed by atoms with Crippen molar-refractivity contribution < 1.29 is 14.3 Å². The monoisotopic (exact) mass is 420 g/mol. The number of piperidine rings is 2. The first-order chi connectivity index (χ1) is 15.1. The molecule has 164 valence electrons. The second-order valence-electron chi connectivity index (χ2n) is 8.77. The lowest BCUT2D eigenvalue weighted by Crippen LogP contribution is -2.41. The number of hydrogen-bond acceptors (Lipinski definition) is 3. The van der Waals surface area contributed by atoms with Crippen molar-refractivity contribution in [3.8, 4) is 5.75 Å². The molecule has 2 aliphatic rings. The van der Waals surface area contributed by atoms with Gasteiger partial charge in [-0.3, -0.25) is 9.59 Å². The van der Waals surface area contributed by atoms with E-state index in [4.69, 9.17) is 4.74 Å². The lowest BCUT2D eigenvalue weighted by molar-refractivity contribution is 0.0631. The highest BCUT2D eigenvalue weighted by molar-refractivity contribution is 5.96. The fraction of sp³-hybridized carbons (Fsp3) is 0.462. The summed E-state index contributed by atoms with van der Waals surface area (Å²) < 4.78 is 6.07. The van der Waals surface area contributed by atoms with Crippen LogP contribution in [0.1, 0.15) is 58.4 Å². The minimum absolute atomic E-state index is 0.0952. The van der Waals surface area contributed by atoms with Crippen molar-refractivity contribution in [1.29, 1.82) is 0 Å². The minimum Gasteiger partial charge on any atom is -0.493 e. The molecule has 0 N–H and O–H groups in total. The number of likely N-dealkylation sites (tertiary alicyclic amines) is 2. The molecule has 5 heteroatoms. The number of nitrogens with zero attached hydrogens (tertiary/aromatic N) is 2. The summed E-state index contributed by atoms with van der Waals surface area (Å²) in [7, 11) is 0. The lowest BCUT2D eigenvalue weighted by atomic mass is 9.97. The van der Waals surface area contributed by atoms with Gasteiger partial charge in [0.1, 0.15) is 5.75 Å². The molecule has 5 nitrogen and oxygen atoms in total. The zero-order valence-electron chi connectivity index (χ0n) is 18.4. The molecule has 0 spiro atoms. The van der Waals surface area contributed by atoms with E-state index in [1.54, 1.807) is 0 Å². The number of rotatable bonds is 5. The summed E-state index contributed by atoms with van der Waals surface area (Å²) in [5.41, 5.74) is 2.49. The summed E-state index contributed by atoms with van der Waals surface area (Å²) in [6.07, 6.45) is 5.41. The summed E-state index contributed by atoms with van der Waals surface area (Å²) >= 11 is 0. The maximum atomic E-state index is 13.0. The van der Waals surface area contributed by atoms with Gasteiger partial charge < -0.3 is 14.5 Å². The summed E-state index contributed by atoms with van der Waals surface area (Å²) in [5.74, 6) is 1.23. The summed E-state index contributed by atoms with van der Waals surface area (Å²) in [6, 6.07) is 15.3. The molecule has 0 unspecified atom stereocenters. The molecule has 0 saturated carbocycles. The summed E-state index contributed by atoms with van der Waals surface area (Å²) in [6.45, 7) is 5.73. The number of carbonyl (C=O) groups excluding carboxylic acids is 2. The van der Waals surface area contributed by atoms with Crippen molar-refractivity contribution in [3.05, 3.63) is 65.2 Å². The van der Waals surface area contributed by atoms with Crippen LogP contribution in [0.4, 0.5) is 0 Å². The predicted octanol–water partition coefficient (Wildman–Crippen LogP) is 4.55. The van der Waals surface area contributed by atoms with Gasteiger partial charge in [-0.2, -0.15) is 0 Å². The summed E-state index contributed by atoms with van der Waals surface area (Å²) in [5, 5.41) is 0. The van der Waals surface area contributed by atoms with Crippen LogP contribution in [-0.2, 0) is 0 Å². The number of carbonyl (C=O) groups is 2. The Bertz CT molecular complexity index is 920. The molecule has 2 amide bonds. The molecule has 0 radical (unpaired) electrons. The fourth-order valence-electron chi connectivity index (χ4n) is 4.58. The molecule has 0 bridgehead atoms. The first-order valence-corrected chi connectivity index (χ1v) is 11.5. The van der Waals surface area contributed by atoms with E-state index in [1.165, 1.54) is 6.42 Å². The topological polar surface area (TPSA) is 49.9 Å². The first kappa shape index (κ1) is 21.4. The van der Waals surface area contributed by atoms with Crippen molar-refractivity contribution in [1.82, 2.24) is 9.80 Å². The Morgan fingerprint density at radius 1 is 0.903 bits per heavy atom. The molecule has 0 aromatic heterocycles. The first-order valence-electron chi connectivity index (χ1n) is 11.5. The quantitative estimate of drug-likeness (QED) is 0.713. The highest BCUT2D eigenvalue weighted by Crippen LogP contribution is 2.23. The Hall–Kier alpha value is -2.82. The Balaban J connectivity index is 1.34. The molecule has 4 rings (SSSR count). The van der Waals surface area contributed by atoms with Gasteiger partial charge in [-0.05, 0) is 68.9 Å². The molecule has 2 aromatic carbocycles.